The Balaban J connectivity index is 0.00000162. The molecule has 1 fully saturated rings. The summed E-state index contributed by atoms with van der Waals surface area (Å²) < 4.78 is 0. The highest BCUT2D eigenvalue weighted by atomic mass is 35.5. The van der Waals surface area contributed by atoms with Crippen LogP contribution >= 0.6 is 12.4 Å². The number of hydrogen-bond acceptors (Lipinski definition) is 2. The number of rotatable bonds is 3. The van der Waals surface area contributed by atoms with Crippen LogP contribution in [0.25, 0.3) is 0 Å². The lowest BCUT2D eigenvalue weighted by molar-refractivity contribution is -0.120. The summed E-state index contributed by atoms with van der Waals surface area (Å²) in [6, 6.07) is 7.76. The van der Waals surface area contributed by atoms with Crippen LogP contribution in [0.3, 0.4) is 0 Å². The van der Waals surface area contributed by atoms with Gasteiger partial charge in [-0.05, 0) is 30.5 Å². The number of nitrogens with two attached hydrogens (primary N) is 1. The Morgan fingerprint density at radius 2 is 2.00 bits per heavy atom. The summed E-state index contributed by atoms with van der Waals surface area (Å²) in [5, 5.41) is 2.99. The first kappa shape index (κ1) is 15.0. The van der Waals surface area contributed by atoms with Gasteiger partial charge in [0.25, 0.3) is 0 Å². The van der Waals surface area contributed by atoms with Gasteiger partial charge in [-0.25, -0.2) is 0 Å². The Morgan fingerprint density at radius 3 is 2.67 bits per heavy atom. The molecule has 100 valence electrons. The first-order valence-corrected chi connectivity index (χ1v) is 6.39. The van der Waals surface area contributed by atoms with Gasteiger partial charge >= 0.3 is 0 Å². The average Bonchev–Trinajstić information content (AvgIpc) is 2.40. The Labute approximate surface area is 115 Å². The third-order valence-corrected chi connectivity index (χ3v) is 3.41. The molecule has 1 aliphatic rings. The first-order valence-electron chi connectivity index (χ1n) is 6.39. The Kier molecular flexibility index (Phi) is 6.16. The third-order valence-electron chi connectivity index (χ3n) is 3.41. The zero-order valence-electron chi connectivity index (χ0n) is 10.5. The van der Waals surface area contributed by atoms with Crippen LogP contribution < -0.4 is 11.1 Å². The number of amides is 1. The van der Waals surface area contributed by atoms with E-state index in [4.69, 9.17) is 5.73 Å². The molecule has 1 aliphatic carbocycles. The van der Waals surface area contributed by atoms with Gasteiger partial charge in [0.2, 0.25) is 5.91 Å². The van der Waals surface area contributed by atoms with Crippen molar-refractivity contribution < 1.29 is 4.79 Å². The quantitative estimate of drug-likeness (QED) is 0.885. The van der Waals surface area contributed by atoms with Crippen molar-refractivity contribution in [3.8, 4) is 0 Å². The minimum absolute atomic E-state index is 0. The smallest absolute Gasteiger partial charge is 0.227 e. The standard InChI is InChI=1S/C14H20N2O.ClH/c15-10-11-5-4-8-13(9-11)16-14(17)12-6-2-1-3-7-12;/h4-5,8-9,12H,1-3,6-7,10,15H2,(H,16,17);1H. The molecule has 0 atom stereocenters. The Morgan fingerprint density at radius 1 is 1.28 bits per heavy atom. The van der Waals surface area contributed by atoms with Crippen LogP contribution in [-0.2, 0) is 11.3 Å². The molecule has 0 aliphatic heterocycles. The minimum Gasteiger partial charge on any atom is -0.326 e. The Hall–Kier alpha value is -1.06. The van der Waals surface area contributed by atoms with Gasteiger partial charge in [-0.2, -0.15) is 0 Å². The second-order valence-electron chi connectivity index (χ2n) is 4.73. The van der Waals surface area contributed by atoms with Gasteiger partial charge in [0, 0.05) is 18.2 Å². The SMILES string of the molecule is Cl.NCc1cccc(NC(=O)C2CCCCC2)c1. The van der Waals surface area contributed by atoms with Gasteiger partial charge < -0.3 is 11.1 Å². The molecule has 1 aromatic rings. The molecule has 3 N–H and O–H groups in total. The molecule has 0 bridgehead atoms. The summed E-state index contributed by atoms with van der Waals surface area (Å²) in [5.74, 6) is 0.365. The molecule has 2 rings (SSSR count). The topological polar surface area (TPSA) is 55.1 Å². The van der Waals surface area contributed by atoms with Gasteiger partial charge in [0.1, 0.15) is 0 Å². The van der Waals surface area contributed by atoms with Crippen molar-refractivity contribution in [3.63, 3.8) is 0 Å². The lowest BCUT2D eigenvalue weighted by atomic mass is 9.88. The van der Waals surface area contributed by atoms with E-state index in [1.807, 2.05) is 24.3 Å². The van der Waals surface area contributed by atoms with Crippen molar-refractivity contribution in [2.75, 3.05) is 5.32 Å². The maximum Gasteiger partial charge on any atom is 0.227 e. The van der Waals surface area contributed by atoms with E-state index in [0.717, 1.165) is 24.1 Å². The summed E-state index contributed by atoms with van der Waals surface area (Å²) in [6.07, 6.45) is 5.69. The van der Waals surface area contributed by atoms with E-state index in [9.17, 15) is 4.79 Å². The first-order chi connectivity index (χ1) is 8.29. The normalized spacial score (nSPS) is 15.8. The maximum absolute atomic E-state index is 12.0. The van der Waals surface area contributed by atoms with Gasteiger partial charge in [0.15, 0.2) is 0 Å². The van der Waals surface area contributed by atoms with Gasteiger partial charge in [-0.1, -0.05) is 31.4 Å². The molecular weight excluding hydrogens is 248 g/mol. The summed E-state index contributed by atoms with van der Waals surface area (Å²) >= 11 is 0. The van der Waals surface area contributed by atoms with E-state index in [1.54, 1.807) is 0 Å². The van der Waals surface area contributed by atoms with Gasteiger partial charge in [0.05, 0.1) is 0 Å². The van der Waals surface area contributed by atoms with Crippen molar-refractivity contribution >= 4 is 24.0 Å². The van der Waals surface area contributed by atoms with E-state index in [1.165, 1.54) is 19.3 Å². The summed E-state index contributed by atoms with van der Waals surface area (Å²) in [4.78, 5) is 12.0. The largest absolute Gasteiger partial charge is 0.326 e. The second-order valence-corrected chi connectivity index (χ2v) is 4.73. The molecule has 1 aromatic carbocycles. The van der Waals surface area contributed by atoms with Crippen molar-refractivity contribution in [1.29, 1.82) is 0 Å². The van der Waals surface area contributed by atoms with E-state index in [-0.39, 0.29) is 24.2 Å². The predicted octanol–water partition coefficient (Wildman–Crippen LogP) is 3.09. The molecule has 1 saturated carbocycles. The molecule has 0 aromatic heterocycles. The number of halogens is 1. The maximum atomic E-state index is 12.0. The monoisotopic (exact) mass is 268 g/mol. The predicted molar refractivity (Wildman–Crippen MR) is 76.8 cm³/mol. The fourth-order valence-corrected chi connectivity index (χ4v) is 2.39. The number of carbonyl (C=O) groups is 1. The third kappa shape index (κ3) is 4.00. The molecule has 18 heavy (non-hydrogen) atoms. The van der Waals surface area contributed by atoms with Crippen LogP contribution in [0.1, 0.15) is 37.7 Å². The summed E-state index contributed by atoms with van der Waals surface area (Å²) in [5.41, 5.74) is 7.49. The van der Waals surface area contributed by atoms with Crippen LogP contribution in [-0.4, -0.2) is 5.91 Å². The van der Waals surface area contributed by atoms with Crippen molar-refractivity contribution in [1.82, 2.24) is 0 Å². The fourth-order valence-electron chi connectivity index (χ4n) is 2.39. The van der Waals surface area contributed by atoms with Crippen LogP contribution in [0.5, 0.6) is 0 Å². The van der Waals surface area contributed by atoms with Gasteiger partial charge in [-0.3, -0.25) is 4.79 Å². The molecule has 0 unspecified atom stereocenters. The van der Waals surface area contributed by atoms with Crippen LogP contribution in [0, 0.1) is 5.92 Å². The lowest BCUT2D eigenvalue weighted by Crippen LogP contribution is -2.24. The number of anilines is 1. The van der Waals surface area contributed by atoms with Crippen LogP contribution in [0.4, 0.5) is 5.69 Å². The lowest BCUT2D eigenvalue weighted by Gasteiger charge is -2.20. The average molecular weight is 269 g/mol. The molecule has 4 heteroatoms. The number of benzene rings is 1. The zero-order chi connectivity index (χ0) is 12.1. The van der Waals surface area contributed by atoms with E-state index < -0.39 is 0 Å². The second kappa shape index (κ2) is 7.39. The number of carbonyl (C=O) groups excluding carboxylic acids is 1. The number of nitrogens with one attached hydrogen (secondary N) is 1. The van der Waals surface area contributed by atoms with Crippen LogP contribution in [0.15, 0.2) is 24.3 Å². The van der Waals surface area contributed by atoms with Crippen molar-refractivity contribution in [2.24, 2.45) is 11.7 Å². The molecule has 3 nitrogen and oxygen atoms in total. The molecule has 0 spiro atoms. The summed E-state index contributed by atoms with van der Waals surface area (Å²) in [7, 11) is 0. The molecule has 0 radical (unpaired) electrons. The molecular formula is C14H21ClN2O. The van der Waals surface area contributed by atoms with Crippen molar-refractivity contribution in [3.05, 3.63) is 29.8 Å². The van der Waals surface area contributed by atoms with Gasteiger partial charge in [-0.15, -0.1) is 12.4 Å². The molecule has 1 amide bonds. The highest BCUT2D eigenvalue weighted by molar-refractivity contribution is 5.92. The molecule has 0 saturated heterocycles. The highest BCUT2D eigenvalue weighted by Gasteiger charge is 2.20. The number of hydrogen-bond donors (Lipinski definition) is 2. The summed E-state index contributed by atoms with van der Waals surface area (Å²) in [6.45, 7) is 0.507. The highest BCUT2D eigenvalue weighted by Crippen LogP contribution is 2.25. The zero-order valence-corrected chi connectivity index (χ0v) is 11.3. The van der Waals surface area contributed by atoms with E-state index >= 15 is 0 Å². The van der Waals surface area contributed by atoms with E-state index in [0.29, 0.717) is 6.54 Å². The molecule has 0 heterocycles. The fraction of sp³-hybridized carbons (Fsp3) is 0.500. The minimum atomic E-state index is 0. The van der Waals surface area contributed by atoms with Crippen LogP contribution in [0.2, 0.25) is 0 Å². The van der Waals surface area contributed by atoms with E-state index in [2.05, 4.69) is 5.32 Å². The Bertz CT molecular complexity index is 389. The van der Waals surface area contributed by atoms with Crippen molar-refractivity contribution in [2.45, 2.75) is 38.6 Å².